The molecule has 0 spiro atoms. The van der Waals surface area contributed by atoms with Crippen molar-refractivity contribution < 1.29 is 27.2 Å². The summed E-state index contributed by atoms with van der Waals surface area (Å²) in [5, 5.41) is 7.04. The molecule has 0 bridgehead atoms. The van der Waals surface area contributed by atoms with Crippen LogP contribution >= 0.6 is 0 Å². The Labute approximate surface area is 154 Å². The van der Waals surface area contributed by atoms with Gasteiger partial charge in [0.2, 0.25) is 0 Å². The van der Waals surface area contributed by atoms with Gasteiger partial charge in [0.25, 0.3) is 11.5 Å². The van der Waals surface area contributed by atoms with Crippen molar-refractivity contribution in [1.82, 2.24) is 10.0 Å². The highest BCUT2D eigenvalue weighted by Crippen LogP contribution is 2.26. The lowest BCUT2D eigenvalue weighted by Crippen LogP contribution is -2.39. The summed E-state index contributed by atoms with van der Waals surface area (Å²) in [6.45, 7) is 1.22. The lowest BCUT2D eigenvalue weighted by Gasteiger charge is -2.14. The molecule has 0 fully saturated rings. The average Bonchev–Trinajstić information content (AvgIpc) is 2.59. The summed E-state index contributed by atoms with van der Waals surface area (Å²) in [5.41, 5.74) is 0.576. The number of hydrogen-bond donors (Lipinski definition) is 2. The predicted molar refractivity (Wildman–Crippen MR) is 94.0 cm³/mol. The van der Waals surface area contributed by atoms with E-state index < -0.39 is 38.2 Å². The van der Waals surface area contributed by atoms with Crippen molar-refractivity contribution in [3.05, 3.63) is 58.0 Å². The van der Waals surface area contributed by atoms with Crippen LogP contribution in [0.3, 0.4) is 0 Å². The number of pyridine rings is 1. The van der Waals surface area contributed by atoms with E-state index >= 15 is 0 Å². The minimum atomic E-state index is -3.86. The molecule has 0 saturated heterocycles. The number of sulfone groups is 1. The largest absolute Gasteiger partial charge is 0.312 e. The van der Waals surface area contributed by atoms with E-state index in [-0.39, 0.29) is 24.1 Å². The fourth-order valence-corrected chi connectivity index (χ4v) is 3.62. The lowest BCUT2D eigenvalue weighted by molar-refractivity contribution is -0.128. The average molecular weight is 400 g/mol. The second-order valence-corrected chi connectivity index (χ2v) is 8.31. The smallest absolute Gasteiger partial charge is 0.261 e. The number of amides is 1. The molecule has 0 radical (unpaired) electrons. The van der Waals surface area contributed by atoms with Gasteiger partial charge in [0, 0.05) is 36.2 Å². The van der Waals surface area contributed by atoms with Crippen LogP contribution in [0.1, 0.15) is 12.0 Å². The standard InChI is InChI=1S/C17H18F2N2O5S/c1-10-4-3-5-11(16(10)19)12-8-15(22)21(9-13(12)18)7-6-14(17(23)20-24)27(2,25)26/h3-5,8-9,14,24H,6-7H2,1-2H3,(H,20,23). The summed E-state index contributed by atoms with van der Waals surface area (Å²) in [5.74, 6) is -2.67. The van der Waals surface area contributed by atoms with Crippen molar-refractivity contribution in [2.45, 2.75) is 25.1 Å². The summed E-state index contributed by atoms with van der Waals surface area (Å²) in [4.78, 5) is 23.7. The zero-order valence-corrected chi connectivity index (χ0v) is 15.4. The number of hydroxylamine groups is 1. The van der Waals surface area contributed by atoms with Crippen LogP contribution in [0.15, 0.2) is 35.3 Å². The molecule has 2 rings (SSSR count). The van der Waals surface area contributed by atoms with Gasteiger partial charge in [-0.05, 0) is 18.9 Å². The Balaban J connectivity index is 2.36. The first-order valence-electron chi connectivity index (χ1n) is 7.84. The predicted octanol–water partition coefficient (Wildman–Crippen LogP) is 1.41. The van der Waals surface area contributed by atoms with Gasteiger partial charge >= 0.3 is 0 Å². The Hall–Kier alpha value is -2.59. The quantitative estimate of drug-likeness (QED) is 0.563. The lowest BCUT2D eigenvalue weighted by atomic mass is 10.0. The zero-order valence-electron chi connectivity index (χ0n) is 14.6. The van der Waals surface area contributed by atoms with Crippen LogP contribution in [0, 0.1) is 18.6 Å². The van der Waals surface area contributed by atoms with E-state index in [2.05, 4.69) is 0 Å². The van der Waals surface area contributed by atoms with E-state index in [1.54, 1.807) is 0 Å². The van der Waals surface area contributed by atoms with Crippen molar-refractivity contribution in [1.29, 1.82) is 0 Å². The van der Waals surface area contributed by atoms with Crippen molar-refractivity contribution in [3.8, 4) is 11.1 Å². The normalized spacial score (nSPS) is 12.6. The molecule has 10 heteroatoms. The number of hydrogen-bond acceptors (Lipinski definition) is 5. The number of rotatable bonds is 6. The summed E-state index contributed by atoms with van der Waals surface area (Å²) in [7, 11) is -3.86. The summed E-state index contributed by atoms with van der Waals surface area (Å²) in [6.07, 6.45) is 1.28. The maximum Gasteiger partial charge on any atom is 0.261 e. The Bertz CT molecular complexity index is 1030. The molecule has 0 aliphatic carbocycles. The molecule has 2 aromatic rings. The van der Waals surface area contributed by atoms with Gasteiger partial charge in [0.15, 0.2) is 9.84 Å². The molecule has 1 heterocycles. The van der Waals surface area contributed by atoms with Gasteiger partial charge in [-0.2, -0.15) is 0 Å². The SMILES string of the molecule is Cc1cccc(-c2cc(=O)n(CCC(C(=O)NO)S(C)(=O)=O)cc2F)c1F. The van der Waals surface area contributed by atoms with E-state index in [4.69, 9.17) is 5.21 Å². The van der Waals surface area contributed by atoms with Crippen LogP contribution in [0.2, 0.25) is 0 Å². The monoisotopic (exact) mass is 400 g/mol. The third-order valence-electron chi connectivity index (χ3n) is 4.11. The molecule has 1 amide bonds. The molecule has 0 aliphatic rings. The minimum absolute atomic E-state index is 0.0644. The summed E-state index contributed by atoms with van der Waals surface area (Å²) >= 11 is 0. The molecule has 27 heavy (non-hydrogen) atoms. The number of nitrogens with one attached hydrogen (secondary N) is 1. The second-order valence-electron chi connectivity index (χ2n) is 6.09. The number of carbonyl (C=O) groups is 1. The number of carbonyl (C=O) groups excluding carboxylic acids is 1. The van der Waals surface area contributed by atoms with Gasteiger partial charge in [0.05, 0.1) is 0 Å². The second kappa shape index (κ2) is 7.97. The molecule has 1 aromatic heterocycles. The van der Waals surface area contributed by atoms with Crippen molar-refractivity contribution in [3.63, 3.8) is 0 Å². The van der Waals surface area contributed by atoms with Crippen LogP contribution in [0.25, 0.3) is 11.1 Å². The molecular weight excluding hydrogens is 382 g/mol. The maximum atomic E-state index is 14.4. The molecule has 146 valence electrons. The maximum absolute atomic E-state index is 14.4. The van der Waals surface area contributed by atoms with Gasteiger partial charge in [-0.15, -0.1) is 0 Å². The van der Waals surface area contributed by atoms with Gasteiger partial charge in [-0.3, -0.25) is 14.8 Å². The van der Waals surface area contributed by atoms with Gasteiger partial charge in [-0.25, -0.2) is 22.7 Å². The van der Waals surface area contributed by atoms with Crippen LogP contribution in [0.5, 0.6) is 0 Å². The van der Waals surface area contributed by atoms with E-state index in [9.17, 15) is 26.8 Å². The first kappa shape index (κ1) is 20.7. The highest BCUT2D eigenvalue weighted by molar-refractivity contribution is 7.92. The highest BCUT2D eigenvalue weighted by atomic mass is 32.2. The van der Waals surface area contributed by atoms with Gasteiger partial charge in [-0.1, -0.05) is 18.2 Å². The first-order valence-corrected chi connectivity index (χ1v) is 9.80. The Morgan fingerprint density at radius 1 is 1.30 bits per heavy atom. The summed E-state index contributed by atoms with van der Waals surface area (Å²) in [6, 6.07) is 5.29. The van der Waals surface area contributed by atoms with Crippen LogP contribution in [0.4, 0.5) is 8.78 Å². The van der Waals surface area contributed by atoms with E-state index in [0.717, 1.165) is 23.1 Å². The van der Waals surface area contributed by atoms with Gasteiger partial charge < -0.3 is 4.57 Å². The molecule has 0 aliphatic heterocycles. The molecular formula is C17H18F2N2O5S. The van der Waals surface area contributed by atoms with Gasteiger partial charge in [0.1, 0.15) is 16.9 Å². The molecule has 1 unspecified atom stereocenters. The zero-order chi connectivity index (χ0) is 20.4. The molecule has 0 saturated carbocycles. The highest BCUT2D eigenvalue weighted by Gasteiger charge is 2.28. The first-order chi connectivity index (χ1) is 12.6. The number of halogens is 2. The fourth-order valence-electron chi connectivity index (χ4n) is 2.65. The van der Waals surface area contributed by atoms with E-state index in [1.807, 2.05) is 0 Å². The Kier molecular flexibility index (Phi) is 6.11. The van der Waals surface area contributed by atoms with Crippen molar-refractivity contribution >= 4 is 15.7 Å². The third kappa shape index (κ3) is 4.58. The number of nitrogens with zero attached hydrogens (tertiary/aromatic N) is 1. The van der Waals surface area contributed by atoms with Crippen LogP contribution in [-0.2, 0) is 21.2 Å². The van der Waals surface area contributed by atoms with Crippen molar-refractivity contribution in [2.75, 3.05) is 6.26 Å². The topological polar surface area (TPSA) is 105 Å². The number of aromatic nitrogens is 1. The molecule has 7 nitrogen and oxygen atoms in total. The molecule has 1 atom stereocenters. The fraction of sp³-hybridized carbons (Fsp3) is 0.294. The molecule has 1 aromatic carbocycles. The minimum Gasteiger partial charge on any atom is -0.312 e. The Morgan fingerprint density at radius 2 is 1.96 bits per heavy atom. The van der Waals surface area contributed by atoms with E-state index in [0.29, 0.717) is 5.56 Å². The van der Waals surface area contributed by atoms with Crippen LogP contribution in [-0.4, -0.2) is 35.6 Å². The Morgan fingerprint density at radius 3 is 2.56 bits per heavy atom. The van der Waals surface area contributed by atoms with Crippen LogP contribution < -0.4 is 11.0 Å². The summed E-state index contributed by atoms with van der Waals surface area (Å²) < 4.78 is 52.8. The van der Waals surface area contributed by atoms with Crippen molar-refractivity contribution in [2.24, 2.45) is 0 Å². The molecule has 2 N–H and O–H groups in total. The third-order valence-corrected chi connectivity index (χ3v) is 5.59. The van der Waals surface area contributed by atoms with E-state index in [1.165, 1.54) is 30.6 Å². The number of benzene rings is 1. The number of aryl methyl sites for hydroxylation is 2.